The van der Waals surface area contributed by atoms with Crippen molar-refractivity contribution in [2.24, 2.45) is 0 Å². The number of ether oxygens (including phenoxy) is 1. The molecule has 1 unspecified atom stereocenters. The molecule has 1 aromatic carbocycles. The van der Waals surface area contributed by atoms with Gasteiger partial charge in [0.15, 0.2) is 6.61 Å². The molecule has 132 valence electrons. The fourth-order valence-corrected chi connectivity index (χ4v) is 2.94. The Balaban J connectivity index is 1.77. The summed E-state index contributed by atoms with van der Waals surface area (Å²) in [5.74, 6) is 0.131. The van der Waals surface area contributed by atoms with Crippen molar-refractivity contribution >= 4 is 46.6 Å². The molecule has 1 atom stereocenters. The van der Waals surface area contributed by atoms with E-state index in [1.165, 1.54) is 0 Å². The summed E-state index contributed by atoms with van der Waals surface area (Å²) in [7, 11) is 0. The molecule has 1 aromatic rings. The first kappa shape index (κ1) is 19.2. The fourth-order valence-electron chi connectivity index (χ4n) is 2.41. The van der Waals surface area contributed by atoms with Crippen LogP contribution in [0, 0.1) is 0 Å². The molecule has 1 saturated heterocycles. The van der Waals surface area contributed by atoms with Crippen LogP contribution >= 0.6 is 34.8 Å². The van der Waals surface area contributed by atoms with Crippen LogP contribution in [-0.2, 0) is 9.59 Å². The van der Waals surface area contributed by atoms with Crippen molar-refractivity contribution < 1.29 is 14.3 Å². The second-order valence-corrected chi connectivity index (χ2v) is 7.14. The Kier molecular flexibility index (Phi) is 7.02. The summed E-state index contributed by atoms with van der Waals surface area (Å²) in [6.45, 7) is 2.68. The van der Waals surface area contributed by atoms with Crippen LogP contribution in [0.2, 0.25) is 10.0 Å². The topological polar surface area (TPSA) is 58.6 Å². The number of nitrogens with zero attached hydrogens (tertiary/aromatic N) is 1. The molecule has 0 saturated carbocycles. The lowest BCUT2D eigenvalue weighted by Gasteiger charge is -2.32. The SMILES string of the molecule is CC(Cl)C(=O)NC1CCN(C(=O)COc2ccc(Cl)cc2Cl)CC1. The number of amides is 2. The van der Waals surface area contributed by atoms with Gasteiger partial charge >= 0.3 is 0 Å². The van der Waals surface area contributed by atoms with E-state index in [-0.39, 0.29) is 24.5 Å². The van der Waals surface area contributed by atoms with Gasteiger partial charge in [0.05, 0.1) is 5.02 Å². The van der Waals surface area contributed by atoms with Gasteiger partial charge in [0.1, 0.15) is 11.1 Å². The quantitative estimate of drug-likeness (QED) is 0.782. The van der Waals surface area contributed by atoms with Gasteiger partial charge in [0.2, 0.25) is 5.91 Å². The number of piperidine rings is 1. The van der Waals surface area contributed by atoms with E-state index in [2.05, 4.69) is 5.32 Å². The zero-order chi connectivity index (χ0) is 17.7. The number of carbonyl (C=O) groups is 2. The largest absolute Gasteiger partial charge is 0.482 e. The van der Waals surface area contributed by atoms with E-state index < -0.39 is 5.38 Å². The number of benzene rings is 1. The molecule has 0 bridgehead atoms. The van der Waals surface area contributed by atoms with Crippen LogP contribution in [0.4, 0.5) is 0 Å². The number of likely N-dealkylation sites (tertiary alicyclic amines) is 1. The second kappa shape index (κ2) is 8.79. The molecular weight excluding hydrogens is 375 g/mol. The minimum atomic E-state index is -0.554. The Hall–Kier alpha value is -1.17. The summed E-state index contributed by atoms with van der Waals surface area (Å²) in [4.78, 5) is 25.5. The van der Waals surface area contributed by atoms with E-state index in [0.29, 0.717) is 41.7 Å². The van der Waals surface area contributed by atoms with Gasteiger partial charge in [-0.2, -0.15) is 0 Å². The summed E-state index contributed by atoms with van der Waals surface area (Å²) in [5, 5.41) is 3.20. The summed E-state index contributed by atoms with van der Waals surface area (Å²) in [5.41, 5.74) is 0. The monoisotopic (exact) mass is 392 g/mol. The van der Waals surface area contributed by atoms with E-state index >= 15 is 0 Å². The van der Waals surface area contributed by atoms with Crippen molar-refractivity contribution in [2.75, 3.05) is 19.7 Å². The standard InChI is InChI=1S/C16H19Cl3N2O3/c1-10(17)16(23)20-12-4-6-21(7-5-12)15(22)9-24-14-3-2-11(18)8-13(14)19/h2-3,8,10,12H,4-7,9H2,1H3,(H,20,23). The van der Waals surface area contributed by atoms with Gasteiger partial charge in [-0.1, -0.05) is 23.2 Å². The molecule has 1 fully saturated rings. The number of carbonyl (C=O) groups excluding carboxylic acids is 2. The van der Waals surface area contributed by atoms with Crippen molar-refractivity contribution in [1.29, 1.82) is 0 Å². The Morgan fingerprint density at radius 3 is 2.58 bits per heavy atom. The minimum Gasteiger partial charge on any atom is -0.482 e. The first-order chi connectivity index (χ1) is 11.4. The highest BCUT2D eigenvalue weighted by atomic mass is 35.5. The molecule has 1 heterocycles. The maximum atomic E-state index is 12.2. The minimum absolute atomic E-state index is 0.0504. The predicted octanol–water partition coefficient (Wildman–Crippen LogP) is 3.11. The second-order valence-electron chi connectivity index (χ2n) is 5.64. The van der Waals surface area contributed by atoms with E-state index in [1.54, 1.807) is 30.0 Å². The van der Waals surface area contributed by atoms with Gasteiger partial charge in [-0.25, -0.2) is 0 Å². The van der Waals surface area contributed by atoms with Crippen molar-refractivity contribution in [3.63, 3.8) is 0 Å². The average molecular weight is 394 g/mol. The van der Waals surface area contributed by atoms with E-state index in [4.69, 9.17) is 39.5 Å². The van der Waals surface area contributed by atoms with Crippen LogP contribution < -0.4 is 10.1 Å². The number of rotatable bonds is 5. The van der Waals surface area contributed by atoms with Crippen LogP contribution in [0.3, 0.4) is 0 Å². The molecule has 0 aromatic heterocycles. The van der Waals surface area contributed by atoms with Crippen molar-refractivity contribution in [1.82, 2.24) is 10.2 Å². The third kappa shape index (κ3) is 5.43. The number of halogens is 3. The van der Waals surface area contributed by atoms with Gasteiger partial charge in [-0.15, -0.1) is 11.6 Å². The number of hydrogen-bond acceptors (Lipinski definition) is 3. The molecule has 0 spiro atoms. The maximum Gasteiger partial charge on any atom is 0.260 e. The lowest BCUT2D eigenvalue weighted by atomic mass is 10.0. The molecule has 1 aliphatic rings. The molecule has 0 aliphatic carbocycles. The Morgan fingerprint density at radius 1 is 1.33 bits per heavy atom. The predicted molar refractivity (Wildman–Crippen MR) is 95.0 cm³/mol. The molecule has 24 heavy (non-hydrogen) atoms. The van der Waals surface area contributed by atoms with E-state index in [1.807, 2.05) is 0 Å². The van der Waals surface area contributed by atoms with Gasteiger partial charge < -0.3 is 15.0 Å². The molecular formula is C16H19Cl3N2O3. The molecule has 5 nitrogen and oxygen atoms in total. The highest BCUT2D eigenvalue weighted by Crippen LogP contribution is 2.27. The lowest BCUT2D eigenvalue weighted by molar-refractivity contribution is -0.134. The Labute approximate surface area is 156 Å². The van der Waals surface area contributed by atoms with Gasteiger partial charge in [-0.05, 0) is 38.0 Å². The number of hydrogen-bond donors (Lipinski definition) is 1. The third-order valence-electron chi connectivity index (χ3n) is 3.80. The summed E-state index contributed by atoms with van der Waals surface area (Å²) < 4.78 is 5.46. The molecule has 2 rings (SSSR count). The summed E-state index contributed by atoms with van der Waals surface area (Å²) >= 11 is 17.6. The zero-order valence-corrected chi connectivity index (χ0v) is 15.5. The maximum absolute atomic E-state index is 12.2. The van der Waals surface area contributed by atoms with Gasteiger partial charge in [0.25, 0.3) is 5.91 Å². The smallest absolute Gasteiger partial charge is 0.260 e. The van der Waals surface area contributed by atoms with Gasteiger partial charge in [-0.3, -0.25) is 9.59 Å². The zero-order valence-electron chi connectivity index (χ0n) is 13.2. The van der Waals surface area contributed by atoms with Crippen LogP contribution in [-0.4, -0.2) is 47.8 Å². The summed E-state index contributed by atoms with van der Waals surface area (Å²) in [6.07, 6.45) is 1.39. The van der Waals surface area contributed by atoms with Crippen molar-refractivity contribution in [3.05, 3.63) is 28.2 Å². The highest BCUT2D eigenvalue weighted by molar-refractivity contribution is 6.35. The first-order valence-electron chi connectivity index (χ1n) is 7.67. The van der Waals surface area contributed by atoms with E-state index in [0.717, 1.165) is 0 Å². The molecule has 2 amide bonds. The van der Waals surface area contributed by atoms with Crippen LogP contribution in [0.5, 0.6) is 5.75 Å². The molecule has 0 radical (unpaired) electrons. The fraction of sp³-hybridized carbons (Fsp3) is 0.500. The number of nitrogens with one attached hydrogen (secondary N) is 1. The van der Waals surface area contributed by atoms with Crippen molar-refractivity contribution in [2.45, 2.75) is 31.2 Å². The van der Waals surface area contributed by atoms with Crippen molar-refractivity contribution in [3.8, 4) is 5.75 Å². The molecule has 8 heteroatoms. The average Bonchev–Trinajstić information content (AvgIpc) is 2.54. The van der Waals surface area contributed by atoms with E-state index in [9.17, 15) is 9.59 Å². The highest BCUT2D eigenvalue weighted by Gasteiger charge is 2.25. The van der Waals surface area contributed by atoms with Gasteiger partial charge in [0, 0.05) is 24.2 Å². The lowest BCUT2D eigenvalue weighted by Crippen LogP contribution is -2.48. The molecule has 1 N–H and O–H groups in total. The van der Waals surface area contributed by atoms with Crippen LogP contribution in [0.25, 0.3) is 0 Å². The molecule has 1 aliphatic heterocycles. The normalized spacial score (nSPS) is 16.6. The first-order valence-corrected chi connectivity index (χ1v) is 8.86. The Morgan fingerprint density at radius 2 is 2.00 bits per heavy atom. The van der Waals surface area contributed by atoms with Crippen LogP contribution in [0.15, 0.2) is 18.2 Å². The summed E-state index contributed by atoms with van der Waals surface area (Å²) in [6, 6.07) is 4.90. The third-order valence-corrected chi connectivity index (χ3v) is 4.53. The number of alkyl halides is 1. The van der Waals surface area contributed by atoms with Crippen LogP contribution in [0.1, 0.15) is 19.8 Å². The Bertz CT molecular complexity index is 602.